The Bertz CT molecular complexity index is 855. The van der Waals surface area contributed by atoms with E-state index in [9.17, 15) is 14.4 Å². The van der Waals surface area contributed by atoms with Gasteiger partial charge < -0.3 is 14.8 Å². The molecule has 28 heavy (non-hydrogen) atoms. The smallest absolute Gasteiger partial charge is 0.269 e. The maximum absolute atomic E-state index is 12.2. The molecule has 0 heterocycles. The summed E-state index contributed by atoms with van der Waals surface area (Å²) in [6.07, 6.45) is 0. The van der Waals surface area contributed by atoms with Crippen LogP contribution >= 0.6 is 15.9 Å². The Hall–Kier alpha value is -2.91. The predicted molar refractivity (Wildman–Crippen MR) is 107 cm³/mol. The third kappa shape index (κ3) is 6.36. The van der Waals surface area contributed by atoms with E-state index in [1.165, 1.54) is 19.1 Å². The average Bonchev–Trinajstić information content (AvgIpc) is 2.67. The lowest BCUT2D eigenvalue weighted by Gasteiger charge is -2.11. The van der Waals surface area contributed by atoms with Crippen LogP contribution in [0.25, 0.3) is 0 Å². The summed E-state index contributed by atoms with van der Waals surface area (Å²) in [4.78, 5) is 35.4. The van der Waals surface area contributed by atoms with E-state index in [1.54, 1.807) is 37.4 Å². The molecule has 0 spiro atoms. The lowest BCUT2D eigenvalue weighted by molar-refractivity contribution is -0.114. The van der Waals surface area contributed by atoms with Gasteiger partial charge in [-0.1, -0.05) is 0 Å². The van der Waals surface area contributed by atoms with E-state index in [-0.39, 0.29) is 5.91 Å². The first kappa shape index (κ1) is 21.4. The Kier molecular flexibility index (Phi) is 7.97. The highest BCUT2D eigenvalue weighted by Gasteiger charge is 2.11. The van der Waals surface area contributed by atoms with Crippen LogP contribution in [0.1, 0.15) is 27.6 Å². The van der Waals surface area contributed by atoms with Crippen LogP contribution in [-0.4, -0.2) is 38.0 Å². The van der Waals surface area contributed by atoms with E-state index in [2.05, 4.69) is 32.1 Å². The molecule has 0 saturated carbocycles. The van der Waals surface area contributed by atoms with Crippen molar-refractivity contribution in [3.63, 3.8) is 0 Å². The molecule has 9 heteroatoms. The van der Waals surface area contributed by atoms with Crippen molar-refractivity contribution in [1.29, 1.82) is 0 Å². The Balaban J connectivity index is 1.91. The fourth-order valence-corrected chi connectivity index (χ4v) is 2.65. The number of methoxy groups -OCH3 is 1. The number of amides is 3. The summed E-state index contributed by atoms with van der Waals surface area (Å²) >= 11 is 3.34. The highest BCUT2D eigenvalue weighted by atomic mass is 79.9. The molecule has 3 N–H and O–H groups in total. The number of hydrogen-bond acceptors (Lipinski definition) is 5. The van der Waals surface area contributed by atoms with Gasteiger partial charge >= 0.3 is 0 Å². The van der Waals surface area contributed by atoms with E-state index in [4.69, 9.17) is 9.47 Å². The molecule has 0 aliphatic carbocycles. The van der Waals surface area contributed by atoms with Gasteiger partial charge in [-0.05, 0) is 58.4 Å². The quantitative estimate of drug-likeness (QED) is 0.444. The molecule has 0 aliphatic heterocycles. The normalized spacial score (nSPS) is 10.1. The molecule has 2 aromatic rings. The lowest BCUT2D eigenvalue weighted by Crippen LogP contribution is -2.41. The van der Waals surface area contributed by atoms with Gasteiger partial charge in [-0.2, -0.15) is 0 Å². The average molecular weight is 450 g/mol. The Morgan fingerprint density at radius 2 is 1.54 bits per heavy atom. The highest BCUT2D eigenvalue weighted by Crippen LogP contribution is 2.26. The first-order chi connectivity index (χ1) is 13.4. The van der Waals surface area contributed by atoms with E-state index < -0.39 is 11.8 Å². The number of carbonyl (C=O) groups is 3. The van der Waals surface area contributed by atoms with Gasteiger partial charge in [0.15, 0.2) is 0 Å². The molecule has 0 saturated heterocycles. The minimum Gasteiger partial charge on any atom is -0.490 e. The van der Waals surface area contributed by atoms with Gasteiger partial charge in [0.05, 0.1) is 11.1 Å². The molecule has 0 radical (unpaired) electrons. The molecule has 0 unspecified atom stereocenters. The summed E-state index contributed by atoms with van der Waals surface area (Å²) in [6, 6.07) is 11.1. The Morgan fingerprint density at radius 3 is 2.11 bits per heavy atom. The summed E-state index contributed by atoms with van der Waals surface area (Å²) in [5.74, 6) is -0.587. The van der Waals surface area contributed by atoms with E-state index >= 15 is 0 Å². The van der Waals surface area contributed by atoms with Crippen molar-refractivity contribution in [3.05, 3.63) is 58.1 Å². The van der Waals surface area contributed by atoms with Crippen LogP contribution < -0.4 is 20.9 Å². The molecule has 0 aromatic heterocycles. The van der Waals surface area contributed by atoms with Gasteiger partial charge in [-0.25, -0.2) is 0 Å². The molecule has 148 valence electrons. The number of carbonyl (C=O) groups excluding carboxylic acids is 3. The number of anilines is 1. The van der Waals surface area contributed by atoms with Crippen LogP contribution in [0, 0.1) is 0 Å². The van der Waals surface area contributed by atoms with Crippen molar-refractivity contribution >= 4 is 39.3 Å². The lowest BCUT2D eigenvalue weighted by atomic mass is 10.2. The fraction of sp³-hybridized carbons (Fsp3) is 0.211. The fourth-order valence-electron chi connectivity index (χ4n) is 2.16. The van der Waals surface area contributed by atoms with Gasteiger partial charge in [0.1, 0.15) is 12.4 Å². The van der Waals surface area contributed by atoms with Crippen molar-refractivity contribution < 1.29 is 23.9 Å². The largest absolute Gasteiger partial charge is 0.490 e. The van der Waals surface area contributed by atoms with Crippen molar-refractivity contribution in [3.8, 4) is 5.75 Å². The Labute approximate surface area is 170 Å². The first-order valence-corrected chi connectivity index (χ1v) is 9.09. The minimum atomic E-state index is -0.485. The van der Waals surface area contributed by atoms with Gasteiger partial charge in [-0.3, -0.25) is 25.2 Å². The molecule has 0 fully saturated rings. The predicted octanol–water partition coefficient (Wildman–Crippen LogP) is 2.51. The van der Waals surface area contributed by atoms with E-state index in [0.29, 0.717) is 40.3 Å². The van der Waals surface area contributed by atoms with Crippen LogP contribution in [-0.2, 0) is 9.53 Å². The molecular formula is C19H20BrN3O5. The second-order valence-corrected chi connectivity index (χ2v) is 6.51. The third-order valence-electron chi connectivity index (χ3n) is 3.50. The van der Waals surface area contributed by atoms with Gasteiger partial charge in [0.25, 0.3) is 11.8 Å². The Morgan fingerprint density at radius 1 is 0.929 bits per heavy atom. The van der Waals surface area contributed by atoms with Crippen molar-refractivity contribution in [2.45, 2.75) is 6.92 Å². The molecule has 2 aromatic carbocycles. The van der Waals surface area contributed by atoms with Crippen molar-refractivity contribution in [2.75, 3.05) is 25.6 Å². The number of hydrazine groups is 1. The topological polar surface area (TPSA) is 106 Å². The monoisotopic (exact) mass is 449 g/mol. The zero-order chi connectivity index (χ0) is 20.5. The SMILES string of the molecule is COCCOc1ccc(C(=O)NNC(=O)c2ccc(NC(C)=O)cc2)cc1Br. The third-order valence-corrected chi connectivity index (χ3v) is 4.12. The zero-order valence-corrected chi connectivity index (χ0v) is 17.0. The van der Waals surface area contributed by atoms with Gasteiger partial charge in [0, 0.05) is 30.8 Å². The number of halogens is 1. The van der Waals surface area contributed by atoms with Crippen LogP contribution in [0.4, 0.5) is 5.69 Å². The number of hydrogen-bond donors (Lipinski definition) is 3. The molecular weight excluding hydrogens is 430 g/mol. The molecule has 3 amide bonds. The maximum Gasteiger partial charge on any atom is 0.269 e. The molecule has 0 aliphatic rings. The van der Waals surface area contributed by atoms with E-state index in [1.807, 2.05) is 0 Å². The van der Waals surface area contributed by atoms with Gasteiger partial charge in [0.2, 0.25) is 5.91 Å². The number of nitrogens with one attached hydrogen (secondary N) is 3. The maximum atomic E-state index is 12.2. The highest BCUT2D eigenvalue weighted by molar-refractivity contribution is 9.10. The summed E-state index contributed by atoms with van der Waals surface area (Å²) in [5.41, 5.74) is 5.94. The van der Waals surface area contributed by atoms with Crippen LogP contribution in [0.15, 0.2) is 46.9 Å². The van der Waals surface area contributed by atoms with Crippen LogP contribution in [0.3, 0.4) is 0 Å². The number of rotatable bonds is 7. The minimum absolute atomic E-state index is 0.203. The summed E-state index contributed by atoms with van der Waals surface area (Å²) in [5, 5.41) is 2.61. The van der Waals surface area contributed by atoms with Gasteiger partial charge in [-0.15, -0.1) is 0 Å². The number of benzene rings is 2. The summed E-state index contributed by atoms with van der Waals surface area (Å²) in [7, 11) is 1.58. The van der Waals surface area contributed by atoms with Crippen LogP contribution in [0.2, 0.25) is 0 Å². The first-order valence-electron chi connectivity index (χ1n) is 8.30. The molecule has 8 nitrogen and oxygen atoms in total. The summed E-state index contributed by atoms with van der Waals surface area (Å²) in [6.45, 7) is 2.23. The van der Waals surface area contributed by atoms with Crippen molar-refractivity contribution in [1.82, 2.24) is 10.9 Å². The second kappa shape index (κ2) is 10.4. The summed E-state index contributed by atoms with van der Waals surface area (Å²) < 4.78 is 11.0. The molecule has 0 bridgehead atoms. The second-order valence-electron chi connectivity index (χ2n) is 5.65. The standard InChI is InChI=1S/C19H20BrN3O5/c1-12(24)21-15-6-3-13(4-7-15)18(25)22-23-19(26)14-5-8-17(16(20)11-14)28-10-9-27-2/h3-8,11H,9-10H2,1-2H3,(H,21,24)(H,22,25)(H,23,26). The van der Waals surface area contributed by atoms with Crippen molar-refractivity contribution in [2.24, 2.45) is 0 Å². The zero-order valence-electron chi connectivity index (χ0n) is 15.4. The number of ether oxygens (including phenoxy) is 2. The van der Waals surface area contributed by atoms with E-state index in [0.717, 1.165) is 0 Å². The van der Waals surface area contributed by atoms with Crippen LogP contribution in [0.5, 0.6) is 5.75 Å². The molecule has 2 rings (SSSR count). The molecule has 0 atom stereocenters.